The number of guanidine groups is 1. The third-order valence-electron chi connectivity index (χ3n) is 3.54. The number of hydrogen-bond acceptors (Lipinski definition) is 4. The number of ether oxygens (including phenoxy) is 1. The quantitative estimate of drug-likeness (QED) is 0.346. The number of sulfone groups is 1. The first-order valence-corrected chi connectivity index (χ1v) is 9.68. The summed E-state index contributed by atoms with van der Waals surface area (Å²) in [6.45, 7) is 3.28. The lowest BCUT2D eigenvalue weighted by Crippen LogP contribution is -2.40. The molecule has 0 aromatic heterocycles. The molecule has 1 aromatic rings. The highest BCUT2D eigenvalue weighted by Crippen LogP contribution is 2.21. The van der Waals surface area contributed by atoms with E-state index in [0.717, 1.165) is 18.7 Å². The van der Waals surface area contributed by atoms with Gasteiger partial charge in [0.2, 0.25) is 0 Å². The molecule has 6 nitrogen and oxygen atoms in total. The van der Waals surface area contributed by atoms with E-state index < -0.39 is 9.84 Å². The lowest BCUT2D eigenvalue weighted by molar-refractivity contribution is 0.414. The van der Waals surface area contributed by atoms with Crippen LogP contribution in [-0.4, -0.2) is 53.6 Å². The van der Waals surface area contributed by atoms with Crippen LogP contribution in [0.1, 0.15) is 24.8 Å². The molecule has 0 spiro atoms. The number of aliphatic imine (C=N–C) groups is 1. The molecule has 0 aliphatic rings. The van der Waals surface area contributed by atoms with Gasteiger partial charge in [-0.05, 0) is 30.0 Å². The second kappa shape index (κ2) is 11.5. The molecule has 0 bridgehead atoms. The number of halogens is 1. The predicted molar refractivity (Wildman–Crippen MR) is 111 cm³/mol. The zero-order valence-corrected chi connectivity index (χ0v) is 17.9. The highest BCUT2D eigenvalue weighted by Gasteiger charge is 2.07. The van der Waals surface area contributed by atoms with E-state index in [-0.39, 0.29) is 29.7 Å². The Kier molecular flexibility index (Phi) is 11.0. The maximum absolute atomic E-state index is 11.1. The first kappa shape index (κ1) is 23.0. The molecule has 138 valence electrons. The fraction of sp³-hybridized carbons (Fsp3) is 0.562. The number of methoxy groups -OCH3 is 1. The van der Waals surface area contributed by atoms with E-state index >= 15 is 0 Å². The molecule has 24 heavy (non-hydrogen) atoms. The van der Waals surface area contributed by atoms with Crippen LogP contribution in [0.4, 0.5) is 0 Å². The van der Waals surface area contributed by atoms with Crippen LogP contribution in [0.3, 0.4) is 0 Å². The monoisotopic (exact) mass is 469 g/mol. The Bertz CT molecular complexity index is 603. The van der Waals surface area contributed by atoms with Crippen molar-refractivity contribution in [3.8, 4) is 5.75 Å². The second-order valence-electron chi connectivity index (χ2n) is 5.52. The minimum atomic E-state index is -2.96. The van der Waals surface area contributed by atoms with Crippen LogP contribution in [0.25, 0.3) is 0 Å². The van der Waals surface area contributed by atoms with Crippen molar-refractivity contribution in [3.05, 3.63) is 29.8 Å². The van der Waals surface area contributed by atoms with E-state index in [1.54, 1.807) is 14.2 Å². The highest BCUT2D eigenvalue weighted by atomic mass is 127. The van der Waals surface area contributed by atoms with Gasteiger partial charge in [-0.2, -0.15) is 0 Å². The standard InChI is InChI=1S/C16H27N3O3S.HI/c1-13(14-5-7-15(22-3)8-6-14)9-10-18-16(17-2)19-11-12-23(4,20)21;/h5-8,13H,9-12H2,1-4H3,(H2,17,18,19);1H. The van der Waals surface area contributed by atoms with Gasteiger partial charge in [-0.25, -0.2) is 8.42 Å². The van der Waals surface area contributed by atoms with Crippen molar-refractivity contribution in [1.82, 2.24) is 10.6 Å². The summed E-state index contributed by atoms with van der Waals surface area (Å²) in [7, 11) is 0.368. The van der Waals surface area contributed by atoms with E-state index in [4.69, 9.17) is 4.74 Å². The van der Waals surface area contributed by atoms with Crippen LogP contribution < -0.4 is 15.4 Å². The number of benzene rings is 1. The topological polar surface area (TPSA) is 79.8 Å². The molecule has 0 heterocycles. The largest absolute Gasteiger partial charge is 0.497 e. The number of nitrogens with one attached hydrogen (secondary N) is 2. The van der Waals surface area contributed by atoms with Crippen LogP contribution >= 0.6 is 24.0 Å². The molecule has 1 unspecified atom stereocenters. The normalized spacial score (nSPS) is 12.9. The van der Waals surface area contributed by atoms with Crippen molar-refractivity contribution in [3.63, 3.8) is 0 Å². The number of hydrogen-bond donors (Lipinski definition) is 2. The van der Waals surface area contributed by atoms with Crippen molar-refractivity contribution in [2.24, 2.45) is 4.99 Å². The van der Waals surface area contributed by atoms with Gasteiger partial charge in [0.25, 0.3) is 0 Å². The van der Waals surface area contributed by atoms with Crippen LogP contribution in [0.2, 0.25) is 0 Å². The Morgan fingerprint density at radius 3 is 2.29 bits per heavy atom. The maximum atomic E-state index is 11.1. The van der Waals surface area contributed by atoms with Crippen LogP contribution in [-0.2, 0) is 9.84 Å². The third kappa shape index (κ3) is 9.31. The van der Waals surface area contributed by atoms with Gasteiger partial charge < -0.3 is 15.4 Å². The number of rotatable bonds is 8. The zero-order valence-electron chi connectivity index (χ0n) is 14.7. The Balaban J connectivity index is 0.00000529. The van der Waals surface area contributed by atoms with Crippen LogP contribution in [0.15, 0.2) is 29.3 Å². The molecule has 8 heteroatoms. The van der Waals surface area contributed by atoms with Gasteiger partial charge in [0, 0.05) is 26.4 Å². The van der Waals surface area contributed by atoms with Crippen molar-refractivity contribution in [2.45, 2.75) is 19.3 Å². The Morgan fingerprint density at radius 2 is 1.79 bits per heavy atom. The zero-order chi connectivity index (χ0) is 17.3. The summed E-state index contributed by atoms with van der Waals surface area (Å²) in [5.41, 5.74) is 1.26. The van der Waals surface area contributed by atoms with E-state index in [2.05, 4.69) is 34.7 Å². The molecule has 1 aromatic carbocycles. The Labute approximate surface area is 162 Å². The summed E-state index contributed by atoms with van der Waals surface area (Å²) >= 11 is 0. The summed E-state index contributed by atoms with van der Waals surface area (Å²) in [5.74, 6) is 1.98. The van der Waals surface area contributed by atoms with Gasteiger partial charge in [0.1, 0.15) is 15.6 Å². The first-order valence-electron chi connectivity index (χ1n) is 7.62. The highest BCUT2D eigenvalue weighted by molar-refractivity contribution is 14.0. The van der Waals surface area contributed by atoms with E-state index in [9.17, 15) is 8.42 Å². The molecular formula is C16H28IN3O3S. The second-order valence-corrected chi connectivity index (χ2v) is 7.78. The molecule has 2 N–H and O–H groups in total. The van der Waals surface area contributed by atoms with Crippen molar-refractivity contribution in [1.29, 1.82) is 0 Å². The van der Waals surface area contributed by atoms with Gasteiger partial charge in [0.15, 0.2) is 5.96 Å². The fourth-order valence-electron chi connectivity index (χ4n) is 2.08. The molecule has 1 rings (SSSR count). The molecule has 0 saturated heterocycles. The molecule has 0 fully saturated rings. The maximum Gasteiger partial charge on any atom is 0.191 e. The lowest BCUT2D eigenvalue weighted by atomic mass is 9.98. The van der Waals surface area contributed by atoms with Crippen molar-refractivity contribution in [2.75, 3.05) is 39.3 Å². The van der Waals surface area contributed by atoms with E-state index in [0.29, 0.717) is 18.4 Å². The van der Waals surface area contributed by atoms with Crippen molar-refractivity contribution < 1.29 is 13.2 Å². The van der Waals surface area contributed by atoms with Gasteiger partial charge >= 0.3 is 0 Å². The van der Waals surface area contributed by atoms with Gasteiger partial charge in [-0.15, -0.1) is 24.0 Å². The average Bonchev–Trinajstić information content (AvgIpc) is 2.52. The lowest BCUT2D eigenvalue weighted by Gasteiger charge is -2.15. The number of nitrogens with zero attached hydrogens (tertiary/aromatic N) is 1. The van der Waals surface area contributed by atoms with Gasteiger partial charge in [-0.3, -0.25) is 4.99 Å². The molecule has 0 saturated carbocycles. The molecule has 1 atom stereocenters. The van der Waals surface area contributed by atoms with Gasteiger partial charge in [-0.1, -0.05) is 19.1 Å². The first-order chi connectivity index (χ1) is 10.9. The SMILES string of the molecule is CN=C(NCCC(C)c1ccc(OC)cc1)NCCS(C)(=O)=O.I. The minimum Gasteiger partial charge on any atom is -0.497 e. The molecule has 0 aliphatic carbocycles. The smallest absolute Gasteiger partial charge is 0.191 e. The van der Waals surface area contributed by atoms with E-state index in [1.165, 1.54) is 11.8 Å². The Morgan fingerprint density at radius 1 is 1.21 bits per heavy atom. The fourth-order valence-corrected chi connectivity index (χ4v) is 2.55. The predicted octanol–water partition coefficient (Wildman–Crippen LogP) is 2.02. The minimum absolute atomic E-state index is 0. The average molecular weight is 469 g/mol. The summed E-state index contributed by atoms with van der Waals surface area (Å²) in [5, 5.41) is 6.20. The summed E-state index contributed by atoms with van der Waals surface area (Å²) in [4.78, 5) is 4.08. The molecule has 0 amide bonds. The summed E-state index contributed by atoms with van der Waals surface area (Å²) < 4.78 is 27.4. The van der Waals surface area contributed by atoms with E-state index in [1.807, 2.05) is 12.1 Å². The molecular weight excluding hydrogens is 441 g/mol. The van der Waals surface area contributed by atoms with Crippen LogP contribution in [0, 0.1) is 0 Å². The third-order valence-corrected chi connectivity index (χ3v) is 4.49. The molecule has 0 aliphatic heterocycles. The van der Waals surface area contributed by atoms with Crippen molar-refractivity contribution >= 4 is 39.8 Å². The summed E-state index contributed by atoms with van der Waals surface area (Å²) in [6.07, 6.45) is 2.17. The van der Waals surface area contributed by atoms with Gasteiger partial charge in [0.05, 0.1) is 12.9 Å². The summed E-state index contributed by atoms with van der Waals surface area (Å²) in [6, 6.07) is 8.07. The Hall–Kier alpha value is -1.03. The molecule has 0 radical (unpaired) electrons. The van der Waals surface area contributed by atoms with Crippen LogP contribution in [0.5, 0.6) is 5.75 Å².